The van der Waals surface area contributed by atoms with E-state index < -0.39 is 6.10 Å². The SMILES string of the molecule is Cc1cc(C(=O)NC[C@H](C)N[C@H]2C[C@@H](C(=O)Nc3cc4cc(-c5cnc(CO[C@H]6CCC[C@@H]6O)nc5)ccn4n3)C2)ccn1. The summed E-state index contributed by atoms with van der Waals surface area (Å²) in [5, 5.41) is 23.8. The summed E-state index contributed by atoms with van der Waals surface area (Å²) in [6.45, 7) is 4.64. The topological polar surface area (TPSA) is 156 Å². The number of ether oxygens (including phenoxy) is 1. The van der Waals surface area contributed by atoms with Gasteiger partial charge in [0.25, 0.3) is 5.91 Å². The first-order valence-corrected chi connectivity index (χ1v) is 15.2. The van der Waals surface area contributed by atoms with Crippen LogP contribution in [0.5, 0.6) is 0 Å². The number of aliphatic hydroxyl groups excluding tert-OH is 1. The van der Waals surface area contributed by atoms with Crippen LogP contribution in [0.2, 0.25) is 0 Å². The van der Waals surface area contributed by atoms with E-state index in [-0.39, 0.29) is 42.5 Å². The largest absolute Gasteiger partial charge is 0.390 e. The number of aryl methyl sites for hydroxylation is 1. The summed E-state index contributed by atoms with van der Waals surface area (Å²) in [6.07, 6.45) is 10.5. The molecule has 3 atom stereocenters. The van der Waals surface area contributed by atoms with E-state index in [1.54, 1.807) is 35.2 Å². The smallest absolute Gasteiger partial charge is 0.251 e. The minimum Gasteiger partial charge on any atom is -0.390 e. The van der Waals surface area contributed by atoms with Crippen LogP contribution in [0.1, 0.15) is 60.9 Å². The van der Waals surface area contributed by atoms with Gasteiger partial charge in [0, 0.05) is 72.2 Å². The minimum atomic E-state index is -0.404. The van der Waals surface area contributed by atoms with E-state index in [0.717, 1.165) is 54.4 Å². The highest BCUT2D eigenvalue weighted by Crippen LogP contribution is 2.29. The molecule has 2 aliphatic carbocycles. The van der Waals surface area contributed by atoms with Gasteiger partial charge in [-0.05, 0) is 75.8 Å². The average Bonchev–Trinajstić information content (AvgIpc) is 3.60. The molecule has 0 bridgehead atoms. The number of amides is 2. The van der Waals surface area contributed by atoms with Crippen molar-refractivity contribution in [3.63, 3.8) is 0 Å². The molecular formula is C32H38N8O4. The van der Waals surface area contributed by atoms with E-state index in [9.17, 15) is 14.7 Å². The number of aromatic nitrogens is 5. The number of nitrogens with one attached hydrogen (secondary N) is 3. The number of aliphatic hydroxyl groups is 1. The number of fused-ring (bicyclic) bond motifs is 1. The lowest BCUT2D eigenvalue weighted by atomic mass is 9.79. The number of pyridine rings is 2. The molecule has 4 heterocycles. The van der Waals surface area contributed by atoms with Crippen molar-refractivity contribution in [3.8, 4) is 11.1 Å². The van der Waals surface area contributed by atoms with E-state index >= 15 is 0 Å². The van der Waals surface area contributed by atoms with E-state index in [1.807, 2.05) is 38.2 Å². The van der Waals surface area contributed by atoms with Gasteiger partial charge >= 0.3 is 0 Å². The maximum Gasteiger partial charge on any atom is 0.251 e. The predicted octanol–water partition coefficient (Wildman–Crippen LogP) is 3.05. The molecule has 4 N–H and O–H groups in total. The van der Waals surface area contributed by atoms with Gasteiger partial charge in [-0.25, -0.2) is 14.5 Å². The average molecular weight is 599 g/mol. The van der Waals surface area contributed by atoms with Gasteiger partial charge in [0.15, 0.2) is 11.6 Å². The van der Waals surface area contributed by atoms with Gasteiger partial charge < -0.3 is 25.8 Å². The predicted molar refractivity (Wildman–Crippen MR) is 164 cm³/mol. The van der Waals surface area contributed by atoms with Gasteiger partial charge in [0.2, 0.25) is 5.91 Å². The van der Waals surface area contributed by atoms with Gasteiger partial charge in [-0.3, -0.25) is 14.6 Å². The molecular weight excluding hydrogens is 560 g/mol. The summed E-state index contributed by atoms with van der Waals surface area (Å²) < 4.78 is 7.51. The number of rotatable bonds is 11. The standard InChI is InChI=1S/C32H38N8O4/c1-19-10-22(6-8-33-19)31(42)36-15-20(2)37-25-11-23(12-25)32(43)38-29-14-26-13-21(7-9-40(26)39-29)24-16-34-30(35-17-24)18-44-28-5-3-4-27(28)41/h6-10,13-14,16-17,20,23,25,27-28,37,41H,3-5,11-12,15,18H2,1-2H3,(H,36,42)(H,38,39,43)/t20-,23-,25+,27-,28-/m0/s1. The van der Waals surface area contributed by atoms with Crippen LogP contribution in [-0.2, 0) is 16.1 Å². The highest BCUT2D eigenvalue weighted by Gasteiger charge is 2.35. The molecule has 0 spiro atoms. The van der Waals surface area contributed by atoms with Gasteiger partial charge in [0.05, 0.1) is 17.7 Å². The molecule has 4 aromatic rings. The van der Waals surface area contributed by atoms with E-state index in [1.165, 1.54) is 0 Å². The van der Waals surface area contributed by atoms with Crippen molar-refractivity contribution in [3.05, 3.63) is 72.2 Å². The highest BCUT2D eigenvalue weighted by molar-refractivity contribution is 5.94. The number of carbonyl (C=O) groups is 2. The maximum atomic E-state index is 12.9. The fourth-order valence-corrected chi connectivity index (χ4v) is 5.79. The zero-order valence-corrected chi connectivity index (χ0v) is 24.9. The Kier molecular flexibility index (Phi) is 8.91. The second kappa shape index (κ2) is 13.2. The van der Waals surface area contributed by atoms with E-state index in [2.05, 4.69) is 36.0 Å². The van der Waals surface area contributed by atoms with Crippen LogP contribution < -0.4 is 16.0 Å². The second-order valence-electron chi connectivity index (χ2n) is 11.9. The molecule has 0 aliphatic heterocycles. The highest BCUT2D eigenvalue weighted by atomic mass is 16.5. The Morgan fingerprint density at radius 2 is 1.91 bits per heavy atom. The van der Waals surface area contributed by atoms with Crippen LogP contribution in [0.15, 0.2) is 55.1 Å². The van der Waals surface area contributed by atoms with Crippen LogP contribution >= 0.6 is 0 Å². The lowest BCUT2D eigenvalue weighted by Crippen LogP contribution is -2.51. The molecule has 2 saturated carbocycles. The summed E-state index contributed by atoms with van der Waals surface area (Å²) in [5.74, 6) is 0.823. The summed E-state index contributed by atoms with van der Waals surface area (Å²) in [4.78, 5) is 38.3. The number of hydrogen-bond acceptors (Lipinski definition) is 9. The van der Waals surface area contributed by atoms with Gasteiger partial charge in [-0.15, -0.1) is 0 Å². The van der Waals surface area contributed by atoms with Crippen LogP contribution in [0, 0.1) is 12.8 Å². The zero-order valence-electron chi connectivity index (χ0n) is 24.9. The fraction of sp³-hybridized carbons (Fsp3) is 0.438. The first kappa shape index (κ1) is 29.8. The zero-order chi connectivity index (χ0) is 30.6. The van der Waals surface area contributed by atoms with E-state index in [0.29, 0.717) is 23.8 Å². The molecule has 2 aliphatic rings. The Hall–Kier alpha value is -4.26. The molecule has 44 heavy (non-hydrogen) atoms. The molecule has 2 amide bonds. The van der Waals surface area contributed by atoms with Crippen LogP contribution in [0.4, 0.5) is 5.82 Å². The van der Waals surface area contributed by atoms with Crippen molar-refractivity contribution < 1.29 is 19.4 Å². The summed E-state index contributed by atoms with van der Waals surface area (Å²) >= 11 is 0. The Morgan fingerprint density at radius 1 is 1.09 bits per heavy atom. The second-order valence-corrected chi connectivity index (χ2v) is 11.9. The lowest BCUT2D eigenvalue weighted by molar-refractivity contribution is -0.123. The molecule has 230 valence electrons. The van der Waals surface area contributed by atoms with Gasteiger partial charge in [0.1, 0.15) is 6.61 Å². The number of anilines is 1. The molecule has 4 aromatic heterocycles. The Labute approximate surface area is 255 Å². The van der Waals surface area contributed by atoms with Gasteiger partial charge in [-0.2, -0.15) is 5.10 Å². The Morgan fingerprint density at radius 3 is 2.66 bits per heavy atom. The lowest BCUT2D eigenvalue weighted by Gasteiger charge is -2.36. The van der Waals surface area contributed by atoms with Crippen molar-refractivity contribution in [1.82, 2.24) is 35.2 Å². The Bertz CT molecular complexity index is 1620. The first-order chi connectivity index (χ1) is 21.3. The van der Waals surface area contributed by atoms with Crippen molar-refractivity contribution in [2.75, 3.05) is 11.9 Å². The molecule has 0 unspecified atom stereocenters. The monoisotopic (exact) mass is 598 g/mol. The van der Waals surface area contributed by atoms with Crippen molar-refractivity contribution in [2.24, 2.45) is 5.92 Å². The van der Waals surface area contributed by atoms with Crippen LogP contribution in [-0.4, -0.2) is 72.3 Å². The molecule has 0 saturated heterocycles. The molecule has 2 fully saturated rings. The normalized spacial score (nSPS) is 22.0. The number of nitrogens with zero attached hydrogens (tertiary/aromatic N) is 5. The van der Waals surface area contributed by atoms with Crippen LogP contribution in [0.25, 0.3) is 16.6 Å². The third-order valence-corrected chi connectivity index (χ3v) is 8.35. The number of hydrogen-bond donors (Lipinski definition) is 4. The third-order valence-electron chi connectivity index (χ3n) is 8.35. The minimum absolute atomic E-state index is 0.0444. The number of carbonyl (C=O) groups excluding carboxylic acids is 2. The molecule has 0 aromatic carbocycles. The van der Waals surface area contributed by atoms with Crippen LogP contribution in [0.3, 0.4) is 0 Å². The van der Waals surface area contributed by atoms with Crippen molar-refractivity contribution >= 4 is 23.1 Å². The summed E-state index contributed by atoms with van der Waals surface area (Å²) in [5.41, 5.74) is 4.03. The van der Waals surface area contributed by atoms with Crippen molar-refractivity contribution in [2.45, 2.75) is 76.9 Å². The van der Waals surface area contributed by atoms with Gasteiger partial charge in [-0.1, -0.05) is 0 Å². The molecule has 0 radical (unpaired) electrons. The summed E-state index contributed by atoms with van der Waals surface area (Å²) in [6, 6.07) is 9.52. The maximum absolute atomic E-state index is 12.9. The molecule has 6 rings (SSSR count). The van der Waals surface area contributed by atoms with Crippen molar-refractivity contribution in [1.29, 1.82) is 0 Å². The third kappa shape index (κ3) is 7.09. The fourth-order valence-electron chi connectivity index (χ4n) is 5.79. The summed E-state index contributed by atoms with van der Waals surface area (Å²) in [7, 11) is 0. The Balaban J connectivity index is 0.957. The quantitative estimate of drug-likeness (QED) is 0.204. The molecule has 12 heteroatoms. The van der Waals surface area contributed by atoms with E-state index in [4.69, 9.17) is 4.74 Å². The first-order valence-electron chi connectivity index (χ1n) is 15.2. The molecule has 12 nitrogen and oxygen atoms in total.